The van der Waals surface area contributed by atoms with Crippen LogP contribution in [0.3, 0.4) is 0 Å². The van der Waals surface area contributed by atoms with Gasteiger partial charge in [-0.3, -0.25) is 0 Å². The van der Waals surface area contributed by atoms with Crippen molar-refractivity contribution in [1.29, 1.82) is 0 Å². The maximum absolute atomic E-state index is 11.3. The summed E-state index contributed by atoms with van der Waals surface area (Å²) in [6, 6.07) is 9.15. The maximum Gasteiger partial charge on any atom is 0.330 e. The average Bonchev–Trinajstić information content (AvgIpc) is 2.18. The number of hydrogen-bond donors (Lipinski definition) is 1. The Morgan fingerprint density at radius 3 is 2.38 bits per heavy atom. The highest BCUT2D eigenvalue weighted by atomic mass is 16.5. The van der Waals surface area contributed by atoms with Crippen molar-refractivity contribution in [2.75, 3.05) is 7.11 Å². The summed E-state index contributed by atoms with van der Waals surface area (Å²) in [4.78, 5) is 11.3. The van der Waals surface area contributed by atoms with E-state index in [1.54, 1.807) is 19.1 Å². The van der Waals surface area contributed by atoms with Crippen LogP contribution in [0.15, 0.2) is 30.3 Å². The second-order valence-electron chi connectivity index (χ2n) is 3.06. The lowest BCUT2D eigenvalue weighted by Gasteiger charge is -2.21. The van der Waals surface area contributed by atoms with Gasteiger partial charge in [0.05, 0.1) is 7.11 Å². The molecule has 0 spiro atoms. The Kier molecular flexibility index (Phi) is 2.68. The number of nitrogens with two attached hydrogens (primary N) is 1. The Hall–Kier alpha value is -1.35. The SMILES string of the molecule is COC(=O)[C@@](C)(N)c1ccccc1. The van der Waals surface area contributed by atoms with E-state index in [0.29, 0.717) is 0 Å². The second kappa shape index (κ2) is 3.58. The smallest absolute Gasteiger partial charge is 0.330 e. The van der Waals surface area contributed by atoms with Gasteiger partial charge in [0.25, 0.3) is 0 Å². The normalized spacial score (nSPS) is 14.7. The first-order chi connectivity index (χ1) is 6.09. The first-order valence-electron chi connectivity index (χ1n) is 4.02. The lowest BCUT2D eigenvalue weighted by molar-refractivity contribution is -0.146. The number of methoxy groups -OCH3 is 1. The highest BCUT2D eigenvalue weighted by molar-refractivity contribution is 5.81. The number of benzene rings is 1. The molecule has 1 aromatic rings. The van der Waals surface area contributed by atoms with Gasteiger partial charge in [-0.1, -0.05) is 30.3 Å². The molecule has 0 heterocycles. The molecule has 0 amide bonds. The van der Waals surface area contributed by atoms with Crippen LogP contribution in [0.1, 0.15) is 12.5 Å². The maximum atomic E-state index is 11.3. The van der Waals surface area contributed by atoms with Crippen LogP contribution >= 0.6 is 0 Å². The molecular weight excluding hydrogens is 166 g/mol. The molecule has 0 aliphatic heterocycles. The summed E-state index contributed by atoms with van der Waals surface area (Å²) in [5, 5.41) is 0. The largest absolute Gasteiger partial charge is 0.467 e. The quantitative estimate of drug-likeness (QED) is 0.690. The predicted molar refractivity (Wildman–Crippen MR) is 50.0 cm³/mol. The van der Waals surface area contributed by atoms with E-state index in [1.165, 1.54) is 7.11 Å². The molecule has 0 bridgehead atoms. The molecule has 0 aliphatic carbocycles. The van der Waals surface area contributed by atoms with Crippen molar-refractivity contribution >= 4 is 5.97 Å². The molecule has 2 N–H and O–H groups in total. The standard InChI is InChI=1S/C10H13NO2/c1-10(11,9(12)13-2)8-6-4-3-5-7-8/h3-7H,11H2,1-2H3/t10-/m0/s1. The van der Waals surface area contributed by atoms with Gasteiger partial charge in [0.2, 0.25) is 0 Å². The molecule has 70 valence electrons. The number of carbonyl (C=O) groups is 1. The van der Waals surface area contributed by atoms with Crippen LogP contribution in [0.4, 0.5) is 0 Å². The van der Waals surface area contributed by atoms with Crippen LogP contribution in [0, 0.1) is 0 Å². The minimum atomic E-state index is -1.06. The van der Waals surface area contributed by atoms with E-state index in [4.69, 9.17) is 5.73 Å². The molecule has 1 atom stereocenters. The third-order valence-electron chi connectivity index (χ3n) is 1.98. The minimum Gasteiger partial charge on any atom is -0.467 e. The van der Waals surface area contributed by atoms with E-state index in [0.717, 1.165) is 5.56 Å². The van der Waals surface area contributed by atoms with Crippen LogP contribution in [-0.4, -0.2) is 13.1 Å². The number of esters is 1. The zero-order valence-corrected chi connectivity index (χ0v) is 7.78. The fourth-order valence-corrected chi connectivity index (χ4v) is 1.11. The topological polar surface area (TPSA) is 52.3 Å². The molecule has 0 aliphatic rings. The molecule has 3 heteroatoms. The number of carbonyl (C=O) groups excluding carboxylic acids is 1. The van der Waals surface area contributed by atoms with Crippen LogP contribution < -0.4 is 5.73 Å². The Morgan fingerprint density at radius 1 is 1.38 bits per heavy atom. The molecule has 0 fully saturated rings. The monoisotopic (exact) mass is 179 g/mol. The zero-order valence-electron chi connectivity index (χ0n) is 7.78. The van der Waals surface area contributed by atoms with Crippen LogP contribution in [0.5, 0.6) is 0 Å². The van der Waals surface area contributed by atoms with E-state index >= 15 is 0 Å². The molecule has 0 unspecified atom stereocenters. The Labute approximate surface area is 77.5 Å². The summed E-state index contributed by atoms with van der Waals surface area (Å²) >= 11 is 0. The lowest BCUT2D eigenvalue weighted by Crippen LogP contribution is -2.42. The highest BCUT2D eigenvalue weighted by Crippen LogP contribution is 2.18. The molecule has 1 rings (SSSR count). The first-order valence-corrected chi connectivity index (χ1v) is 4.02. The summed E-state index contributed by atoms with van der Waals surface area (Å²) in [6.45, 7) is 1.63. The fourth-order valence-electron chi connectivity index (χ4n) is 1.11. The lowest BCUT2D eigenvalue weighted by atomic mass is 9.94. The molecule has 0 radical (unpaired) electrons. The van der Waals surface area contributed by atoms with Crippen molar-refractivity contribution in [3.63, 3.8) is 0 Å². The summed E-state index contributed by atoms with van der Waals surface area (Å²) in [7, 11) is 1.33. The van der Waals surface area contributed by atoms with Gasteiger partial charge < -0.3 is 10.5 Å². The molecule has 0 saturated carbocycles. The third kappa shape index (κ3) is 1.87. The minimum absolute atomic E-state index is 0.432. The number of hydrogen-bond acceptors (Lipinski definition) is 3. The molecule has 0 aromatic heterocycles. The van der Waals surface area contributed by atoms with Crippen LogP contribution in [0.2, 0.25) is 0 Å². The fraction of sp³-hybridized carbons (Fsp3) is 0.300. The molecule has 0 saturated heterocycles. The number of ether oxygens (including phenoxy) is 1. The van der Waals surface area contributed by atoms with Gasteiger partial charge in [0.15, 0.2) is 0 Å². The average molecular weight is 179 g/mol. The van der Waals surface area contributed by atoms with Crippen molar-refractivity contribution in [2.24, 2.45) is 5.73 Å². The molecule has 1 aromatic carbocycles. The summed E-state index contributed by atoms with van der Waals surface area (Å²) in [5.41, 5.74) is 5.51. The Bertz CT molecular complexity index is 293. The van der Waals surface area contributed by atoms with Crippen LogP contribution in [0.25, 0.3) is 0 Å². The summed E-state index contributed by atoms with van der Waals surface area (Å²) in [5.74, 6) is -0.432. The summed E-state index contributed by atoms with van der Waals surface area (Å²) < 4.78 is 4.61. The van der Waals surface area contributed by atoms with Gasteiger partial charge in [0.1, 0.15) is 5.54 Å². The summed E-state index contributed by atoms with van der Waals surface area (Å²) in [6.07, 6.45) is 0. The number of rotatable bonds is 2. The first kappa shape index (κ1) is 9.74. The van der Waals surface area contributed by atoms with Crippen molar-refractivity contribution in [3.8, 4) is 0 Å². The van der Waals surface area contributed by atoms with Gasteiger partial charge in [-0.05, 0) is 12.5 Å². The van der Waals surface area contributed by atoms with E-state index in [9.17, 15) is 4.79 Å². The Morgan fingerprint density at radius 2 is 1.92 bits per heavy atom. The van der Waals surface area contributed by atoms with Gasteiger partial charge in [-0.25, -0.2) is 4.79 Å². The van der Waals surface area contributed by atoms with Crippen molar-refractivity contribution < 1.29 is 9.53 Å². The molecular formula is C10H13NO2. The zero-order chi connectivity index (χ0) is 9.90. The van der Waals surface area contributed by atoms with Gasteiger partial charge >= 0.3 is 5.97 Å². The van der Waals surface area contributed by atoms with Gasteiger partial charge in [-0.2, -0.15) is 0 Å². The van der Waals surface area contributed by atoms with Crippen molar-refractivity contribution in [2.45, 2.75) is 12.5 Å². The Balaban J connectivity index is 3.00. The second-order valence-corrected chi connectivity index (χ2v) is 3.06. The molecule has 13 heavy (non-hydrogen) atoms. The van der Waals surface area contributed by atoms with Gasteiger partial charge in [-0.15, -0.1) is 0 Å². The van der Waals surface area contributed by atoms with Crippen molar-refractivity contribution in [1.82, 2.24) is 0 Å². The van der Waals surface area contributed by atoms with E-state index in [-0.39, 0.29) is 0 Å². The van der Waals surface area contributed by atoms with Crippen molar-refractivity contribution in [3.05, 3.63) is 35.9 Å². The van der Waals surface area contributed by atoms with Gasteiger partial charge in [0, 0.05) is 0 Å². The van der Waals surface area contributed by atoms with E-state index in [2.05, 4.69) is 4.74 Å². The predicted octanol–water partition coefficient (Wildman–Crippen LogP) is 1.03. The third-order valence-corrected chi connectivity index (χ3v) is 1.98. The highest BCUT2D eigenvalue weighted by Gasteiger charge is 2.31. The van der Waals surface area contributed by atoms with E-state index < -0.39 is 11.5 Å². The van der Waals surface area contributed by atoms with Crippen LogP contribution in [-0.2, 0) is 15.1 Å². The van der Waals surface area contributed by atoms with E-state index in [1.807, 2.05) is 18.2 Å². The molecule has 3 nitrogen and oxygen atoms in total.